The van der Waals surface area contributed by atoms with E-state index >= 15 is 0 Å². The van der Waals surface area contributed by atoms with E-state index in [1.54, 1.807) is 48.5 Å². The molecule has 3 amide bonds. The number of carbonyl (C=O) groups excluding carboxylic acids is 3. The van der Waals surface area contributed by atoms with Crippen molar-refractivity contribution < 1.29 is 23.5 Å². The number of nitrogens with zero attached hydrogens (tertiary/aromatic N) is 1. The molecule has 2 N–H and O–H groups in total. The summed E-state index contributed by atoms with van der Waals surface area (Å²) in [5.41, 5.74) is 1.50. The lowest BCUT2D eigenvalue weighted by atomic mass is 10.2. The average Bonchev–Trinajstić information content (AvgIpc) is 3.14. The van der Waals surface area contributed by atoms with Gasteiger partial charge in [0, 0.05) is 16.9 Å². The maximum atomic E-state index is 13.1. The van der Waals surface area contributed by atoms with E-state index in [-0.39, 0.29) is 10.7 Å². The molecule has 4 aromatic rings. The zero-order valence-electron chi connectivity index (χ0n) is 19.7. The van der Waals surface area contributed by atoms with Crippen LogP contribution in [0.1, 0.15) is 10.4 Å². The van der Waals surface area contributed by atoms with Gasteiger partial charge in [0.15, 0.2) is 0 Å². The predicted molar refractivity (Wildman–Crippen MR) is 143 cm³/mol. The standard InChI is InChI=1S/C29H19ClFN3O4/c30-25-26(32-20-10-6-18(7-11-20)27(35)33-21-12-8-19(31)9-13-21)29(37)34(28(25)36)22-14-16-24(17-15-22)38-23-4-2-1-3-5-23/h1-17,32H,(H,33,35). The number of carbonyl (C=O) groups is 3. The summed E-state index contributed by atoms with van der Waals surface area (Å²) >= 11 is 6.23. The summed E-state index contributed by atoms with van der Waals surface area (Å²) in [6.07, 6.45) is 0. The van der Waals surface area contributed by atoms with Gasteiger partial charge in [-0.15, -0.1) is 0 Å². The molecule has 1 heterocycles. The quantitative estimate of drug-likeness (QED) is 0.275. The molecule has 4 aromatic carbocycles. The molecule has 0 bridgehead atoms. The van der Waals surface area contributed by atoms with Gasteiger partial charge in [-0.1, -0.05) is 29.8 Å². The molecule has 0 radical (unpaired) electrons. The molecule has 0 atom stereocenters. The van der Waals surface area contributed by atoms with Gasteiger partial charge in [-0.3, -0.25) is 14.4 Å². The molecule has 188 valence electrons. The molecule has 38 heavy (non-hydrogen) atoms. The van der Waals surface area contributed by atoms with Gasteiger partial charge in [0.2, 0.25) is 0 Å². The van der Waals surface area contributed by atoms with E-state index in [9.17, 15) is 18.8 Å². The SMILES string of the molecule is O=C(Nc1ccc(F)cc1)c1ccc(NC2=C(Cl)C(=O)N(c3ccc(Oc4ccccc4)cc3)C2=O)cc1. The van der Waals surface area contributed by atoms with Gasteiger partial charge in [-0.05, 0) is 84.9 Å². The Kier molecular flexibility index (Phi) is 6.88. The van der Waals surface area contributed by atoms with Crippen molar-refractivity contribution in [1.82, 2.24) is 0 Å². The largest absolute Gasteiger partial charge is 0.457 e. The number of halogens is 2. The molecule has 5 rings (SSSR count). The first-order valence-electron chi connectivity index (χ1n) is 11.4. The molecule has 7 nitrogen and oxygen atoms in total. The lowest BCUT2D eigenvalue weighted by Gasteiger charge is -2.16. The first kappa shape index (κ1) is 24.7. The molecule has 0 fully saturated rings. The molecule has 0 aliphatic carbocycles. The number of ether oxygens (including phenoxy) is 1. The average molecular weight is 528 g/mol. The van der Waals surface area contributed by atoms with E-state index in [4.69, 9.17) is 16.3 Å². The van der Waals surface area contributed by atoms with Crippen LogP contribution in [0.25, 0.3) is 0 Å². The smallest absolute Gasteiger partial charge is 0.283 e. The molecule has 0 spiro atoms. The van der Waals surface area contributed by atoms with E-state index in [1.165, 1.54) is 24.3 Å². The highest BCUT2D eigenvalue weighted by Crippen LogP contribution is 2.32. The van der Waals surface area contributed by atoms with Crippen LogP contribution in [-0.4, -0.2) is 17.7 Å². The number of nitrogens with one attached hydrogen (secondary N) is 2. The molecule has 1 aliphatic rings. The van der Waals surface area contributed by atoms with E-state index in [2.05, 4.69) is 10.6 Å². The summed E-state index contributed by atoms with van der Waals surface area (Å²) in [6.45, 7) is 0. The van der Waals surface area contributed by atoms with E-state index in [0.29, 0.717) is 34.1 Å². The van der Waals surface area contributed by atoms with Crippen LogP contribution in [0, 0.1) is 5.82 Å². The molecule has 1 aliphatic heterocycles. The Labute approximate surface area is 222 Å². The van der Waals surface area contributed by atoms with Gasteiger partial charge in [-0.25, -0.2) is 9.29 Å². The monoisotopic (exact) mass is 527 g/mol. The number of anilines is 3. The van der Waals surface area contributed by atoms with Crippen LogP contribution in [-0.2, 0) is 9.59 Å². The Morgan fingerprint density at radius 2 is 1.34 bits per heavy atom. The molecule has 0 aromatic heterocycles. The third-order valence-electron chi connectivity index (χ3n) is 5.62. The van der Waals surface area contributed by atoms with Crippen molar-refractivity contribution in [2.45, 2.75) is 0 Å². The minimum atomic E-state index is -0.661. The number of benzene rings is 4. The number of imide groups is 1. The fraction of sp³-hybridized carbons (Fsp3) is 0. The first-order valence-corrected chi connectivity index (χ1v) is 11.8. The summed E-state index contributed by atoms with van der Waals surface area (Å²) in [6, 6.07) is 27.3. The molecule has 0 unspecified atom stereocenters. The zero-order valence-corrected chi connectivity index (χ0v) is 20.4. The lowest BCUT2D eigenvalue weighted by Crippen LogP contribution is -2.32. The van der Waals surface area contributed by atoms with Crippen molar-refractivity contribution in [2.75, 3.05) is 15.5 Å². The van der Waals surface area contributed by atoms with Crippen LogP contribution >= 0.6 is 11.6 Å². The number of hydrogen-bond donors (Lipinski definition) is 2. The molecule has 0 saturated carbocycles. The summed E-state index contributed by atoms with van der Waals surface area (Å²) in [5, 5.41) is 5.29. The summed E-state index contributed by atoms with van der Waals surface area (Å²) in [5.74, 6) is -0.873. The van der Waals surface area contributed by atoms with Crippen LogP contribution in [0.4, 0.5) is 21.5 Å². The van der Waals surface area contributed by atoms with Gasteiger partial charge in [0.25, 0.3) is 17.7 Å². The van der Waals surface area contributed by atoms with Crippen LogP contribution < -0.4 is 20.3 Å². The van der Waals surface area contributed by atoms with E-state index < -0.39 is 23.5 Å². The summed E-state index contributed by atoms with van der Waals surface area (Å²) in [4.78, 5) is 39.3. The van der Waals surface area contributed by atoms with Crippen LogP contribution in [0.15, 0.2) is 114 Å². The topological polar surface area (TPSA) is 87.7 Å². The minimum Gasteiger partial charge on any atom is -0.457 e. The number of para-hydroxylation sites is 1. The third-order valence-corrected chi connectivity index (χ3v) is 5.97. The molecular formula is C29H19ClFN3O4. The Balaban J connectivity index is 1.25. The van der Waals surface area contributed by atoms with Crippen LogP contribution in [0.3, 0.4) is 0 Å². The highest BCUT2D eigenvalue weighted by molar-refractivity contribution is 6.53. The minimum absolute atomic E-state index is 0.0789. The molecular weight excluding hydrogens is 509 g/mol. The van der Waals surface area contributed by atoms with Crippen molar-refractivity contribution in [3.63, 3.8) is 0 Å². The summed E-state index contributed by atoms with van der Waals surface area (Å²) < 4.78 is 18.8. The van der Waals surface area contributed by atoms with Gasteiger partial charge in [0.05, 0.1) is 5.69 Å². The van der Waals surface area contributed by atoms with Crippen molar-refractivity contribution in [1.29, 1.82) is 0 Å². The highest BCUT2D eigenvalue weighted by atomic mass is 35.5. The normalized spacial score (nSPS) is 13.1. The second-order valence-electron chi connectivity index (χ2n) is 8.21. The van der Waals surface area contributed by atoms with Gasteiger partial charge >= 0.3 is 0 Å². The number of hydrogen-bond acceptors (Lipinski definition) is 5. The Hall–Kier alpha value is -4.95. The summed E-state index contributed by atoms with van der Waals surface area (Å²) in [7, 11) is 0. The Bertz CT molecular complexity index is 1540. The van der Waals surface area contributed by atoms with Crippen molar-refractivity contribution >= 4 is 46.4 Å². The number of amides is 3. The molecule has 9 heteroatoms. The molecule has 0 saturated heterocycles. The maximum absolute atomic E-state index is 13.1. The second-order valence-corrected chi connectivity index (χ2v) is 8.59. The fourth-order valence-electron chi connectivity index (χ4n) is 3.72. The maximum Gasteiger partial charge on any atom is 0.283 e. The zero-order chi connectivity index (χ0) is 26.6. The van der Waals surface area contributed by atoms with Gasteiger partial charge < -0.3 is 15.4 Å². The van der Waals surface area contributed by atoms with Crippen molar-refractivity contribution in [2.24, 2.45) is 0 Å². The van der Waals surface area contributed by atoms with E-state index in [0.717, 1.165) is 4.90 Å². The Morgan fingerprint density at radius 3 is 2.00 bits per heavy atom. The van der Waals surface area contributed by atoms with Crippen LogP contribution in [0.2, 0.25) is 0 Å². The van der Waals surface area contributed by atoms with Gasteiger partial charge in [0.1, 0.15) is 28.0 Å². The fourth-order valence-corrected chi connectivity index (χ4v) is 3.93. The second kappa shape index (κ2) is 10.6. The first-order chi connectivity index (χ1) is 18.4. The number of rotatable bonds is 7. The Morgan fingerprint density at radius 1 is 0.737 bits per heavy atom. The predicted octanol–water partition coefficient (Wildman–Crippen LogP) is 6.31. The van der Waals surface area contributed by atoms with Gasteiger partial charge in [-0.2, -0.15) is 0 Å². The van der Waals surface area contributed by atoms with E-state index in [1.807, 2.05) is 30.3 Å². The third kappa shape index (κ3) is 5.25. The van der Waals surface area contributed by atoms with Crippen molar-refractivity contribution in [3.05, 3.63) is 125 Å². The lowest BCUT2D eigenvalue weighted by molar-refractivity contribution is -0.120. The van der Waals surface area contributed by atoms with Crippen LogP contribution in [0.5, 0.6) is 11.5 Å². The van der Waals surface area contributed by atoms with Crippen molar-refractivity contribution in [3.8, 4) is 11.5 Å². The highest BCUT2D eigenvalue weighted by Gasteiger charge is 2.39.